The van der Waals surface area contributed by atoms with Crippen LogP contribution in [-0.2, 0) is 33.3 Å². The summed E-state index contributed by atoms with van der Waals surface area (Å²) >= 11 is 0. The largest absolute Gasteiger partial charge is 0.477 e. The zero-order chi connectivity index (χ0) is 60.5. The number of nitrogens with zero attached hydrogens (tertiary/aromatic N) is 1. The molecule has 83 heavy (non-hydrogen) atoms. The van der Waals surface area contributed by atoms with Crippen LogP contribution in [0.4, 0.5) is 0 Å². The number of hydrogen-bond acceptors (Lipinski definition) is 7. The molecule has 0 saturated heterocycles. The molecule has 0 aliphatic carbocycles. The molecule has 1 N–H and O–H groups in total. The molecule has 2 unspecified atom stereocenters. The summed E-state index contributed by atoms with van der Waals surface area (Å²) in [6.45, 7) is 4.74. The quantitative estimate of drug-likeness (QED) is 0.0211. The highest BCUT2D eigenvalue weighted by molar-refractivity contribution is 5.71. The molecule has 0 aliphatic rings. The second-order valence-corrected chi connectivity index (χ2v) is 23.7. The molecule has 0 amide bonds. The molecule has 0 heterocycles. The van der Waals surface area contributed by atoms with E-state index in [0.29, 0.717) is 17.4 Å². The predicted octanol–water partition coefficient (Wildman–Crippen LogP) is 21.0. The zero-order valence-electron chi connectivity index (χ0n) is 54.3. The van der Waals surface area contributed by atoms with Gasteiger partial charge in [0.15, 0.2) is 6.10 Å². The molecule has 9 nitrogen and oxygen atoms in total. The molecular weight excluding hydrogens is 1030 g/mol. The van der Waals surface area contributed by atoms with E-state index in [4.69, 9.17) is 18.9 Å². The van der Waals surface area contributed by atoms with Crippen molar-refractivity contribution in [1.82, 2.24) is 0 Å². The average molecular weight is 1160 g/mol. The van der Waals surface area contributed by atoms with Gasteiger partial charge in [0.25, 0.3) is 6.29 Å². The fourth-order valence-corrected chi connectivity index (χ4v) is 9.32. The highest BCUT2D eigenvalue weighted by Crippen LogP contribution is 2.17. The third-order valence-corrected chi connectivity index (χ3v) is 14.5. The number of unbranched alkanes of at least 4 members (excludes halogenated alkanes) is 29. The van der Waals surface area contributed by atoms with Gasteiger partial charge in [0.05, 0.1) is 34.4 Å². The molecule has 0 spiro atoms. The van der Waals surface area contributed by atoms with Crippen molar-refractivity contribution in [3.8, 4) is 0 Å². The van der Waals surface area contributed by atoms with Crippen LogP contribution >= 0.6 is 0 Å². The smallest absolute Gasteiger partial charge is 0.361 e. The minimum absolute atomic E-state index is 0.184. The first-order valence-corrected chi connectivity index (χ1v) is 34.1. The molecule has 0 aromatic carbocycles. The first-order valence-electron chi connectivity index (χ1n) is 34.1. The first-order chi connectivity index (χ1) is 40.6. The number of carboxylic acids is 1. The summed E-state index contributed by atoms with van der Waals surface area (Å²) in [5.74, 6) is -2.01. The van der Waals surface area contributed by atoms with Gasteiger partial charge >= 0.3 is 17.9 Å². The monoisotopic (exact) mass is 1160 g/mol. The van der Waals surface area contributed by atoms with E-state index in [0.717, 1.165) is 103 Å². The van der Waals surface area contributed by atoms with Crippen molar-refractivity contribution < 1.29 is 42.9 Å². The summed E-state index contributed by atoms with van der Waals surface area (Å²) in [6, 6.07) is 0. The lowest BCUT2D eigenvalue weighted by Crippen LogP contribution is -2.40. The van der Waals surface area contributed by atoms with Gasteiger partial charge in [0.2, 0.25) is 0 Å². The molecule has 0 saturated carbocycles. The SMILES string of the molecule is CC/C=C\C/C=C\C/C=C\C/C=C\C/C=C\C/C=C\C/C=C\CCCCCCCCCCCCCCCCCCCCCC(=O)OC(COC(=O)CCCCCCCCC/C=C\C/C=C\CCCCC)COC(OCC[N+](C)(C)C)C(=O)O. The molecule has 0 bridgehead atoms. The molecule has 9 heteroatoms. The molecule has 0 radical (unpaired) electrons. The van der Waals surface area contributed by atoms with E-state index >= 15 is 0 Å². The minimum atomic E-state index is -1.52. The Balaban J connectivity index is 4.02. The van der Waals surface area contributed by atoms with Crippen molar-refractivity contribution in [3.63, 3.8) is 0 Å². The van der Waals surface area contributed by atoms with Crippen LogP contribution in [-0.4, -0.2) is 87.4 Å². The van der Waals surface area contributed by atoms with E-state index in [1.54, 1.807) is 0 Å². The van der Waals surface area contributed by atoms with Gasteiger partial charge in [-0.25, -0.2) is 4.79 Å². The second kappa shape index (κ2) is 64.0. The maximum absolute atomic E-state index is 12.9. The molecule has 0 aromatic rings. The highest BCUT2D eigenvalue weighted by Gasteiger charge is 2.25. The van der Waals surface area contributed by atoms with Gasteiger partial charge in [0.1, 0.15) is 13.2 Å². The standard InChI is InChI=1S/C74H127NO8/c1-6-8-10-12-14-16-18-20-22-24-25-26-27-28-29-30-31-32-33-34-35-36-37-38-39-40-41-42-43-44-45-46-47-49-51-53-55-57-59-61-63-65-72(77)83-70(69-82-74(73(78)79)80-67-66-75(3,4)5)68-81-71(76)64-62-60-58-56-54-52-50-48-23-21-19-17-15-13-11-9-7-2/h8,10,14-17,20-23,25-26,28-29,31-32,34-35,70,74H,6-7,9,11-13,18-19,24,27,30,33,36-69H2,1-5H3/p+1/b10-8-,16-14-,17-15-,22-20-,23-21-,26-25-,29-28-,32-31-,35-34-. The normalized spacial score (nSPS) is 13.4. The first kappa shape index (κ1) is 79.0. The minimum Gasteiger partial charge on any atom is -0.477 e. The molecule has 2 atom stereocenters. The molecule has 0 fully saturated rings. The Hall–Kier alpha value is -4.05. The van der Waals surface area contributed by atoms with E-state index in [1.807, 2.05) is 21.1 Å². The topological polar surface area (TPSA) is 108 Å². The predicted molar refractivity (Wildman–Crippen MR) is 355 cm³/mol. The lowest BCUT2D eigenvalue weighted by molar-refractivity contribution is -0.870. The molecule has 476 valence electrons. The van der Waals surface area contributed by atoms with Crippen molar-refractivity contribution in [2.75, 3.05) is 47.5 Å². The number of hydrogen-bond donors (Lipinski definition) is 1. The van der Waals surface area contributed by atoms with E-state index in [1.165, 1.54) is 154 Å². The van der Waals surface area contributed by atoms with Crippen LogP contribution in [0, 0.1) is 0 Å². The van der Waals surface area contributed by atoms with Crippen LogP contribution in [0.25, 0.3) is 0 Å². The van der Waals surface area contributed by atoms with E-state index < -0.39 is 24.3 Å². The maximum atomic E-state index is 12.9. The number of carbonyl (C=O) groups excluding carboxylic acids is 2. The van der Waals surface area contributed by atoms with Gasteiger partial charge in [-0.15, -0.1) is 0 Å². The van der Waals surface area contributed by atoms with Gasteiger partial charge in [-0.05, 0) is 103 Å². The Morgan fingerprint density at radius 3 is 1.02 bits per heavy atom. The number of allylic oxidation sites excluding steroid dienone is 18. The number of rotatable bonds is 62. The summed E-state index contributed by atoms with van der Waals surface area (Å²) in [5, 5.41) is 9.72. The van der Waals surface area contributed by atoms with Crippen LogP contribution in [0.1, 0.15) is 284 Å². The van der Waals surface area contributed by atoms with Crippen molar-refractivity contribution in [3.05, 3.63) is 109 Å². The fraction of sp³-hybridized carbons (Fsp3) is 0.716. The van der Waals surface area contributed by atoms with Crippen molar-refractivity contribution in [2.24, 2.45) is 0 Å². The van der Waals surface area contributed by atoms with Crippen molar-refractivity contribution in [2.45, 2.75) is 296 Å². The number of esters is 2. The van der Waals surface area contributed by atoms with E-state index in [2.05, 4.69) is 123 Å². The highest BCUT2D eigenvalue weighted by atomic mass is 16.7. The third kappa shape index (κ3) is 65.3. The second-order valence-electron chi connectivity index (χ2n) is 23.7. The van der Waals surface area contributed by atoms with Gasteiger partial charge in [-0.2, -0.15) is 0 Å². The zero-order valence-corrected chi connectivity index (χ0v) is 54.3. The number of ether oxygens (including phenoxy) is 4. The summed E-state index contributed by atoms with van der Waals surface area (Å²) in [6.07, 6.45) is 86.3. The average Bonchev–Trinajstić information content (AvgIpc) is 3.46. The van der Waals surface area contributed by atoms with E-state index in [9.17, 15) is 19.5 Å². The van der Waals surface area contributed by atoms with Crippen LogP contribution in [0.5, 0.6) is 0 Å². The van der Waals surface area contributed by atoms with Gasteiger partial charge in [-0.3, -0.25) is 9.59 Å². The van der Waals surface area contributed by atoms with Crippen molar-refractivity contribution >= 4 is 17.9 Å². The van der Waals surface area contributed by atoms with E-state index in [-0.39, 0.29) is 32.2 Å². The Morgan fingerprint density at radius 1 is 0.373 bits per heavy atom. The summed E-state index contributed by atoms with van der Waals surface area (Å²) in [7, 11) is 5.97. The fourth-order valence-electron chi connectivity index (χ4n) is 9.32. The molecular formula is C74H128NO8+. The lowest BCUT2D eigenvalue weighted by atomic mass is 10.0. The number of likely N-dealkylation sites (N-methyl/N-ethyl adjacent to an activating group) is 1. The molecule has 0 aliphatic heterocycles. The summed E-state index contributed by atoms with van der Waals surface area (Å²) < 4.78 is 22.9. The van der Waals surface area contributed by atoms with Crippen LogP contribution in [0.3, 0.4) is 0 Å². The van der Waals surface area contributed by atoms with Gasteiger partial charge < -0.3 is 28.5 Å². The van der Waals surface area contributed by atoms with Crippen LogP contribution in [0.15, 0.2) is 109 Å². The maximum Gasteiger partial charge on any atom is 0.361 e. The summed E-state index contributed by atoms with van der Waals surface area (Å²) in [5.41, 5.74) is 0. The summed E-state index contributed by atoms with van der Waals surface area (Å²) in [4.78, 5) is 37.5. The Morgan fingerprint density at radius 2 is 0.687 bits per heavy atom. The number of quaternary nitrogens is 1. The third-order valence-electron chi connectivity index (χ3n) is 14.5. The Labute approximate surface area is 511 Å². The Bertz CT molecular complexity index is 1730. The number of aliphatic carboxylic acids is 1. The van der Waals surface area contributed by atoms with Gasteiger partial charge in [-0.1, -0.05) is 277 Å². The molecule has 0 rings (SSSR count). The lowest BCUT2D eigenvalue weighted by Gasteiger charge is -2.25. The van der Waals surface area contributed by atoms with Crippen LogP contribution in [0.2, 0.25) is 0 Å². The Kier molecular flexibility index (Phi) is 60.8. The van der Waals surface area contributed by atoms with Crippen molar-refractivity contribution in [1.29, 1.82) is 0 Å². The van der Waals surface area contributed by atoms with Crippen LogP contribution < -0.4 is 0 Å². The van der Waals surface area contributed by atoms with Gasteiger partial charge in [0, 0.05) is 12.8 Å². The number of carbonyl (C=O) groups is 3. The number of carboxylic acid groups (broad SMARTS) is 1. The molecule has 0 aromatic heterocycles.